The number of amides is 1. The lowest BCUT2D eigenvalue weighted by Crippen LogP contribution is -2.39. The maximum absolute atomic E-state index is 13.5. The number of H-pyrrole nitrogens is 1. The van der Waals surface area contributed by atoms with Crippen molar-refractivity contribution in [1.29, 1.82) is 0 Å². The first-order valence-corrected chi connectivity index (χ1v) is 9.37. The van der Waals surface area contributed by atoms with Crippen LogP contribution >= 0.6 is 0 Å². The lowest BCUT2D eigenvalue weighted by Gasteiger charge is -2.31. The smallest absolute Gasteiger partial charge is 0.253 e. The third-order valence-corrected chi connectivity index (χ3v) is 5.15. The number of aromatic nitrogens is 5. The molecule has 146 valence electrons. The van der Waals surface area contributed by atoms with E-state index in [0.29, 0.717) is 47.0 Å². The van der Waals surface area contributed by atoms with Gasteiger partial charge in [-0.1, -0.05) is 17.3 Å². The maximum atomic E-state index is 13.5. The monoisotopic (exact) mass is 392 g/mol. The van der Waals surface area contributed by atoms with Gasteiger partial charge in [0.15, 0.2) is 0 Å². The minimum Gasteiger partial charge on any atom is -0.339 e. The van der Waals surface area contributed by atoms with Gasteiger partial charge in [-0.2, -0.15) is 20.4 Å². The number of likely N-dealkylation sites (tertiary alicyclic amines) is 1. The summed E-state index contributed by atoms with van der Waals surface area (Å²) in [6, 6.07) is 11.3. The Labute approximate surface area is 164 Å². The van der Waals surface area contributed by atoms with E-state index < -0.39 is 0 Å². The zero-order valence-corrected chi connectivity index (χ0v) is 15.4. The number of rotatable bonds is 3. The van der Waals surface area contributed by atoms with Crippen molar-refractivity contribution in [2.24, 2.45) is 0 Å². The molecule has 1 atom stereocenters. The highest BCUT2D eigenvalue weighted by Gasteiger charge is 2.29. The first-order chi connectivity index (χ1) is 14.2. The topological polar surface area (TPSA) is 101 Å². The van der Waals surface area contributed by atoms with Crippen molar-refractivity contribution >= 4 is 16.9 Å². The number of nitrogens with zero attached hydrogens (tertiary/aromatic N) is 5. The summed E-state index contributed by atoms with van der Waals surface area (Å²) in [5, 5.41) is 14.6. The molecular formula is C20H17FN6O2. The van der Waals surface area contributed by atoms with Crippen molar-refractivity contribution in [2.45, 2.75) is 18.8 Å². The molecule has 3 heterocycles. The molecule has 0 spiro atoms. The Hall–Kier alpha value is -3.62. The van der Waals surface area contributed by atoms with Crippen molar-refractivity contribution in [1.82, 2.24) is 30.5 Å². The number of carbonyl (C=O) groups is 1. The van der Waals surface area contributed by atoms with Gasteiger partial charge in [-0.15, -0.1) is 0 Å². The van der Waals surface area contributed by atoms with E-state index in [1.807, 2.05) is 0 Å². The molecule has 0 saturated carbocycles. The van der Waals surface area contributed by atoms with Gasteiger partial charge in [0.25, 0.3) is 5.91 Å². The molecule has 1 unspecified atom stereocenters. The number of nitrogens with one attached hydrogen (secondary N) is 1. The standard InChI is InChI=1S/C20H17FN6O2/c21-15-5-1-3-12(9-15)18-22-19(29-25-18)14-4-2-8-27(11-14)20(28)13-6-7-16-17(10-13)24-26-23-16/h1,3,5-7,9-10,14H,2,4,8,11H2,(H,23,24,26). The van der Waals surface area contributed by atoms with Crippen LogP contribution in [0.1, 0.15) is 35.0 Å². The quantitative estimate of drug-likeness (QED) is 0.575. The van der Waals surface area contributed by atoms with Crippen LogP contribution in [-0.2, 0) is 0 Å². The molecule has 1 N–H and O–H groups in total. The Bertz CT molecular complexity index is 1190. The number of carbonyl (C=O) groups excluding carboxylic acids is 1. The van der Waals surface area contributed by atoms with Crippen molar-refractivity contribution in [2.75, 3.05) is 13.1 Å². The minimum absolute atomic E-state index is 0.0571. The number of fused-ring (bicyclic) bond motifs is 1. The van der Waals surface area contributed by atoms with Crippen LogP contribution in [0.25, 0.3) is 22.4 Å². The molecule has 4 aromatic rings. The van der Waals surface area contributed by atoms with E-state index in [1.165, 1.54) is 12.1 Å². The summed E-state index contributed by atoms with van der Waals surface area (Å²) in [5.41, 5.74) is 2.50. The molecule has 8 nitrogen and oxygen atoms in total. The first kappa shape index (κ1) is 17.5. The predicted molar refractivity (Wildman–Crippen MR) is 101 cm³/mol. The Morgan fingerprint density at radius 1 is 1.17 bits per heavy atom. The average Bonchev–Trinajstić information content (AvgIpc) is 3.42. The summed E-state index contributed by atoms with van der Waals surface area (Å²) in [6.07, 6.45) is 1.68. The summed E-state index contributed by atoms with van der Waals surface area (Å²) < 4.78 is 18.9. The number of aromatic amines is 1. The second kappa shape index (κ2) is 7.08. The summed E-state index contributed by atoms with van der Waals surface area (Å²) in [6.45, 7) is 1.15. The second-order valence-corrected chi connectivity index (χ2v) is 7.08. The number of hydrogen-bond acceptors (Lipinski definition) is 6. The molecule has 2 aromatic heterocycles. The van der Waals surface area contributed by atoms with Gasteiger partial charge in [-0.05, 0) is 43.2 Å². The summed E-state index contributed by atoms with van der Waals surface area (Å²) in [7, 11) is 0. The van der Waals surface area contributed by atoms with Crippen LogP contribution in [-0.4, -0.2) is 49.4 Å². The van der Waals surface area contributed by atoms with Gasteiger partial charge in [0.05, 0.1) is 5.92 Å². The summed E-state index contributed by atoms with van der Waals surface area (Å²) in [4.78, 5) is 19.2. The Kier molecular flexibility index (Phi) is 4.27. The van der Waals surface area contributed by atoms with Gasteiger partial charge >= 0.3 is 0 Å². The first-order valence-electron chi connectivity index (χ1n) is 9.37. The van der Waals surface area contributed by atoms with Gasteiger partial charge in [-0.3, -0.25) is 4.79 Å². The largest absolute Gasteiger partial charge is 0.339 e. The molecule has 29 heavy (non-hydrogen) atoms. The van der Waals surface area contributed by atoms with Crippen molar-refractivity contribution in [3.8, 4) is 11.4 Å². The molecule has 1 fully saturated rings. The highest BCUT2D eigenvalue weighted by molar-refractivity contribution is 5.97. The highest BCUT2D eigenvalue weighted by atomic mass is 19.1. The zero-order chi connectivity index (χ0) is 19.8. The average molecular weight is 392 g/mol. The van der Waals surface area contributed by atoms with Crippen LogP contribution in [0, 0.1) is 5.82 Å². The third-order valence-electron chi connectivity index (χ3n) is 5.15. The number of benzene rings is 2. The molecule has 1 amide bonds. The lowest BCUT2D eigenvalue weighted by molar-refractivity contribution is 0.0696. The molecule has 0 bridgehead atoms. The number of hydrogen-bond donors (Lipinski definition) is 1. The maximum Gasteiger partial charge on any atom is 0.253 e. The lowest BCUT2D eigenvalue weighted by atomic mass is 9.97. The van der Waals surface area contributed by atoms with Gasteiger partial charge < -0.3 is 9.42 Å². The Balaban J connectivity index is 1.34. The Morgan fingerprint density at radius 3 is 2.97 bits per heavy atom. The van der Waals surface area contributed by atoms with E-state index in [0.717, 1.165) is 12.8 Å². The second-order valence-electron chi connectivity index (χ2n) is 7.08. The molecule has 1 aliphatic heterocycles. The summed E-state index contributed by atoms with van der Waals surface area (Å²) in [5.74, 6) is 0.336. The Morgan fingerprint density at radius 2 is 2.07 bits per heavy atom. The SMILES string of the molecule is O=C(c1ccc2n[nH]nc2c1)N1CCCC(c2nc(-c3cccc(F)c3)no2)C1. The van der Waals surface area contributed by atoms with Crippen molar-refractivity contribution in [3.05, 3.63) is 59.7 Å². The molecule has 9 heteroatoms. The van der Waals surface area contributed by atoms with E-state index in [2.05, 4.69) is 25.6 Å². The minimum atomic E-state index is -0.354. The fourth-order valence-corrected chi connectivity index (χ4v) is 3.66. The predicted octanol–water partition coefficient (Wildman–Crippen LogP) is 3.17. The van der Waals surface area contributed by atoms with Crippen LogP contribution in [0.15, 0.2) is 47.0 Å². The van der Waals surface area contributed by atoms with Crippen LogP contribution in [0.5, 0.6) is 0 Å². The highest BCUT2D eigenvalue weighted by Crippen LogP contribution is 2.28. The van der Waals surface area contributed by atoms with Crippen LogP contribution in [0.2, 0.25) is 0 Å². The normalized spacial score (nSPS) is 17.0. The molecular weight excluding hydrogens is 375 g/mol. The molecule has 0 radical (unpaired) electrons. The number of halogens is 1. The van der Waals surface area contributed by atoms with Gasteiger partial charge in [0.2, 0.25) is 11.7 Å². The van der Waals surface area contributed by atoms with Gasteiger partial charge in [0.1, 0.15) is 16.9 Å². The third kappa shape index (κ3) is 3.35. The fourth-order valence-electron chi connectivity index (χ4n) is 3.66. The van der Waals surface area contributed by atoms with E-state index in [-0.39, 0.29) is 17.6 Å². The fraction of sp³-hybridized carbons (Fsp3) is 0.250. The van der Waals surface area contributed by atoms with E-state index >= 15 is 0 Å². The molecule has 1 aliphatic rings. The summed E-state index contributed by atoms with van der Waals surface area (Å²) >= 11 is 0. The van der Waals surface area contributed by atoms with Crippen LogP contribution < -0.4 is 0 Å². The van der Waals surface area contributed by atoms with Crippen molar-refractivity contribution < 1.29 is 13.7 Å². The zero-order valence-electron chi connectivity index (χ0n) is 15.4. The van der Waals surface area contributed by atoms with Gasteiger partial charge in [0, 0.05) is 24.2 Å². The van der Waals surface area contributed by atoms with E-state index in [1.54, 1.807) is 35.2 Å². The molecule has 5 rings (SSSR count). The number of piperidine rings is 1. The molecule has 0 aliphatic carbocycles. The molecule has 1 saturated heterocycles. The van der Waals surface area contributed by atoms with E-state index in [4.69, 9.17) is 4.52 Å². The van der Waals surface area contributed by atoms with E-state index in [9.17, 15) is 9.18 Å². The van der Waals surface area contributed by atoms with Crippen LogP contribution in [0.3, 0.4) is 0 Å². The van der Waals surface area contributed by atoms with Crippen LogP contribution in [0.4, 0.5) is 4.39 Å². The van der Waals surface area contributed by atoms with Crippen molar-refractivity contribution in [3.63, 3.8) is 0 Å². The van der Waals surface area contributed by atoms with Gasteiger partial charge in [-0.25, -0.2) is 4.39 Å². The molecule has 2 aromatic carbocycles.